The second-order valence-electron chi connectivity index (χ2n) is 4.68. The van der Waals surface area contributed by atoms with Crippen molar-refractivity contribution in [2.45, 2.75) is 12.6 Å². The number of hydrogen-bond donors (Lipinski definition) is 3. The van der Waals surface area contributed by atoms with E-state index in [9.17, 15) is 4.79 Å². The van der Waals surface area contributed by atoms with Crippen molar-refractivity contribution in [2.24, 2.45) is 0 Å². The number of H-pyrrole nitrogens is 1. The van der Waals surface area contributed by atoms with Crippen molar-refractivity contribution in [3.8, 4) is 11.3 Å². The summed E-state index contributed by atoms with van der Waals surface area (Å²) < 4.78 is 0. The molecule has 1 aromatic heterocycles. The fraction of sp³-hybridized carbons (Fsp3) is 0.200. The molecule has 2 aromatic rings. The van der Waals surface area contributed by atoms with Gasteiger partial charge in [0.05, 0.1) is 17.9 Å². The van der Waals surface area contributed by atoms with E-state index in [0.29, 0.717) is 6.54 Å². The number of hydrogen-bond acceptors (Lipinski definition) is 3. The van der Waals surface area contributed by atoms with E-state index in [0.717, 1.165) is 23.5 Å². The molecule has 0 aliphatic carbocycles. The lowest BCUT2D eigenvalue weighted by molar-refractivity contribution is -0.122. The van der Waals surface area contributed by atoms with E-state index >= 15 is 0 Å². The number of rotatable bonds is 4. The normalized spacial score (nSPS) is 16.5. The van der Waals surface area contributed by atoms with Gasteiger partial charge < -0.3 is 5.32 Å². The maximum Gasteiger partial charge on any atom is 0.241 e. The molecule has 3 rings (SSSR count). The molecule has 1 aliphatic heterocycles. The average Bonchev–Trinajstić information content (AvgIpc) is 3.17. The van der Waals surface area contributed by atoms with E-state index in [1.54, 1.807) is 0 Å². The van der Waals surface area contributed by atoms with E-state index in [2.05, 4.69) is 20.8 Å². The van der Waals surface area contributed by atoms with Crippen LogP contribution in [0.2, 0.25) is 0 Å². The molecule has 0 saturated heterocycles. The zero-order valence-corrected chi connectivity index (χ0v) is 12.2. The lowest BCUT2D eigenvalue weighted by Crippen LogP contribution is -2.40. The molecule has 21 heavy (non-hydrogen) atoms. The first-order chi connectivity index (χ1) is 9.83. The Morgan fingerprint density at radius 3 is 2.86 bits per heavy atom. The van der Waals surface area contributed by atoms with Crippen molar-refractivity contribution in [3.05, 3.63) is 54.2 Å². The maximum absolute atomic E-state index is 11.8. The standard InChI is InChI=1S/C15H16N4O.ClH/c20-15(13-7-4-8-16-13)17-10-12-9-14(19-18-12)11-5-2-1-3-6-11;/h1-7,9,13,16H,8,10H2,(H,17,20)(H,18,19);1H. The van der Waals surface area contributed by atoms with Gasteiger partial charge in [-0.05, 0) is 6.07 Å². The number of halogens is 1. The van der Waals surface area contributed by atoms with Crippen molar-refractivity contribution in [3.63, 3.8) is 0 Å². The number of benzene rings is 1. The Morgan fingerprint density at radius 1 is 1.33 bits per heavy atom. The fourth-order valence-corrected chi connectivity index (χ4v) is 2.15. The van der Waals surface area contributed by atoms with Crippen LogP contribution in [0.1, 0.15) is 5.69 Å². The summed E-state index contributed by atoms with van der Waals surface area (Å²) in [5, 5.41) is 13.2. The van der Waals surface area contributed by atoms with Crippen LogP contribution < -0.4 is 10.6 Å². The Hall–Kier alpha value is -2.11. The van der Waals surface area contributed by atoms with Crippen LogP contribution in [0.25, 0.3) is 11.3 Å². The topological polar surface area (TPSA) is 69.8 Å². The predicted octanol–water partition coefficient (Wildman–Crippen LogP) is 1.64. The largest absolute Gasteiger partial charge is 0.349 e. The van der Waals surface area contributed by atoms with Crippen LogP contribution >= 0.6 is 12.4 Å². The summed E-state index contributed by atoms with van der Waals surface area (Å²) in [6.07, 6.45) is 3.83. The third-order valence-corrected chi connectivity index (χ3v) is 3.22. The minimum atomic E-state index is -0.216. The van der Waals surface area contributed by atoms with Gasteiger partial charge in [-0.15, -0.1) is 12.4 Å². The molecule has 0 saturated carbocycles. The van der Waals surface area contributed by atoms with Gasteiger partial charge in [-0.3, -0.25) is 15.2 Å². The van der Waals surface area contributed by atoms with Gasteiger partial charge in [0.1, 0.15) is 6.04 Å². The number of amides is 1. The molecule has 5 nitrogen and oxygen atoms in total. The van der Waals surface area contributed by atoms with Crippen molar-refractivity contribution in [1.82, 2.24) is 20.8 Å². The highest BCUT2D eigenvalue weighted by Gasteiger charge is 2.17. The molecular formula is C15H17ClN4O. The number of nitrogens with zero attached hydrogens (tertiary/aromatic N) is 1. The zero-order chi connectivity index (χ0) is 13.8. The quantitative estimate of drug-likeness (QED) is 0.752. The van der Waals surface area contributed by atoms with E-state index < -0.39 is 0 Å². The van der Waals surface area contributed by atoms with Crippen LogP contribution in [-0.4, -0.2) is 28.7 Å². The van der Waals surface area contributed by atoms with Crippen molar-refractivity contribution < 1.29 is 4.79 Å². The lowest BCUT2D eigenvalue weighted by atomic mass is 10.1. The number of nitrogens with one attached hydrogen (secondary N) is 3. The van der Waals surface area contributed by atoms with Crippen LogP contribution in [0, 0.1) is 0 Å². The van der Waals surface area contributed by atoms with Gasteiger partial charge in [0.25, 0.3) is 0 Å². The minimum absolute atomic E-state index is 0. The summed E-state index contributed by atoms with van der Waals surface area (Å²) in [6.45, 7) is 1.20. The number of aromatic amines is 1. The Morgan fingerprint density at radius 2 is 2.14 bits per heavy atom. The molecule has 6 heteroatoms. The Kier molecular flexibility index (Phi) is 5.14. The van der Waals surface area contributed by atoms with Gasteiger partial charge in [0.15, 0.2) is 0 Å². The summed E-state index contributed by atoms with van der Waals surface area (Å²) >= 11 is 0. The van der Waals surface area contributed by atoms with Crippen molar-refractivity contribution >= 4 is 18.3 Å². The smallest absolute Gasteiger partial charge is 0.241 e. The Bertz CT molecular complexity index is 624. The molecule has 3 N–H and O–H groups in total. The van der Waals surface area contributed by atoms with Crippen LogP contribution in [0.15, 0.2) is 48.6 Å². The SMILES string of the molecule is Cl.O=C(NCc1cc(-c2ccccc2)n[nH]1)C1C=CCN1. The second-order valence-corrected chi connectivity index (χ2v) is 4.68. The number of carbonyl (C=O) groups is 1. The summed E-state index contributed by atoms with van der Waals surface area (Å²) in [4.78, 5) is 11.8. The molecule has 110 valence electrons. The third-order valence-electron chi connectivity index (χ3n) is 3.22. The van der Waals surface area contributed by atoms with E-state index in [-0.39, 0.29) is 24.4 Å². The van der Waals surface area contributed by atoms with E-state index in [1.165, 1.54) is 0 Å². The van der Waals surface area contributed by atoms with E-state index in [4.69, 9.17) is 0 Å². The molecule has 1 aliphatic rings. The predicted molar refractivity (Wildman–Crippen MR) is 84.0 cm³/mol. The van der Waals surface area contributed by atoms with Crippen LogP contribution in [0.5, 0.6) is 0 Å². The number of carbonyl (C=O) groups excluding carboxylic acids is 1. The summed E-state index contributed by atoms with van der Waals surface area (Å²) in [6, 6.07) is 11.7. The molecular weight excluding hydrogens is 288 g/mol. The first kappa shape index (κ1) is 15.3. The van der Waals surface area contributed by atoms with Gasteiger partial charge in [0, 0.05) is 12.1 Å². The van der Waals surface area contributed by atoms with Gasteiger partial charge in [-0.2, -0.15) is 5.10 Å². The molecule has 0 spiro atoms. The van der Waals surface area contributed by atoms with Gasteiger partial charge in [-0.1, -0.05) is 42.5 Å². The molecule has 1 unspecified atom stereocenters. The Labute approximate surface area is 129 Å². The molecule has 0 bridgehead atoms. The molecule has 1 amide bonds. The first-order valence-electron chi connectivity index (χ1n) is 6.60. The van der Waals surface area contributed by atoms with E-state index in [1.807, 2.05) is 48.6 Å². The highest BCUT2D eigenvalue weighted by molar-refractivity contribution is 5.85. The fourth-order valence-electron chi connectivity index (χ4n) is 2.15. The molecule has 0 fully saturated rings. The maximum atomic E-state index is 11.8. The summed E-state index contributed by atoms with van der Waals surface area (Å²) in [5.41, 5.74) is 2.83. The average molecular weight is 305 g/mol. The third kappa shape index (κ3) is 3.71. The van der Waals surface area contributed by atoms with Crippen LogP contribution in [0.3, 0.4) is 0 Å². The van der Waals surface area contributed by atoms with Crippen LogP contribution in [-0.2, 0) is 11.3 Å². The highest BCUT2D eigenvalue weighted by atomic mass is 35.5. The van der Waals surface area contributed by atoms with Crippen molar-refractivity contribution in [1.29, 1.82) is 0 Å². The second kappa shape index (κ2) is 7.06. The molecule has 2 heterocycles. The van der Waals surface area contributed by atoms with Gasteiger partial charge in [0.2, 0.25) is 5.91 Å². The molecule has 1 aromatic carbocycles. The summed E-state index contributed by atoms with van der Waals surface area (Å²) in [5.74, 6) is -0.0189. The molecule has 1 atom stereocenters. The zero-order valence-electron chi connectivity index (χ0n) is 11.4. The first-order valence-corrected chi connectivity index (χ1v) is 6.60. The highest BCUT2D eigenvalue weighted by Crippen LogP contribution is 2.16. The van der Waals surface area contributed by atoms with Gasteiger partial charge >= 0.3 is 0 Å². The van der Waals surface area contributed by atoms with Crippen LogP contribution in [0.4, 0.5) is 0 Å². The number of aromatic nitrogens is 2. The monoisotopic (exact) mass is 304 g/mol. The van der Waals surface area contributed by atoms with Crippen molar-refractivity contribution in [2.75, 3.05) is 6.54 Å². The summed E-state index contributed by atoms with van der Waals surface area (Å²) in [7, 11) is 0. The lowest BCUT2D eigenvalue weighted by Gasteiger charge is -2.08. The molecule has 0 radical (unpaired) electrons. The minimum Gasteiger partial charge on any atom is -0.349 e. The van der Waals surface area contributed by atoms with Gasteiger partial charge in [-0.25, -0.2) is 0 Å². The Balaban J connectivity index is 0.00000161.